The van der Waals surface area contributed by atoms with Crippen LogP contribution in [0, 0.1) is 18.2 Å². The quantitative estimate of drug-likeness (QED) is 0.537. The number of esters is 1. The number of hydrogen-bond acceptors (Lipinski definition) is 2. The van der Waals surface area contributed by atoms with Gasteiger partial charge in [-0.2, -0.15) is 0 Å². The van der Waals surface area contributed by atoms with Gasteiger partial charge in [-0.3, -0.25) is 0 Å². The number of halogens is 1. The number of ether oxygens (including phenoxy) is 1. The van der Waals surface area contributed by atoms with E-state index in [4.69, 9.17) is 11.2 Å². The Balaban J connectivity index is 3.01. The van der Waals surface area contributed by atoms with Crippen LogP contribution in [-0.2, 0) is 4.74 Å². The first-order valence-electron chi connectivity index (χ1n) is 4.82. The van der Waals surface area contributed by atoms with Gasteiger partial charge in [-0.1, -0.05) is 5.92 Å². The van der Waals surface area contributed by atoms with Gasteiger partial charge in [0.05, 0.1) is 5.56 Å². The summed E-state index contributed by atoms with van der Waals surface area (Å²) in [6, 6.07) is 3.72. The number of benzene rings is 1. The molecule has 84 valence electrons. The van der Waals surface area contributed by atoms with Gasteiger partial charge in [-0.05, 0) is 39.0 Å². The standard InChI is InChI=1S/C13H13FO2/c1-5-9-6-10(8-11(14)7-9)12(15)16-13(2,3)4/h1,6-8H,2-4H3. The van der Waals surface area contributed by atoms with Crippen molar-refractivity contribution in [3.05, 3.63) is 35.1 Å². The third-order valence-electron chi connectivity index (χ3n) is 1.70. The smallest absolute Gasteiger partial charge is 0.338 e. The third kappa shape index (κ3) is 3.39. The van der Waals surface area contributed by atoms with Crippen molar-refractivity contribution in [2.75, 3.05) is 0 Å². The Morgan fingerprint density at radius 1 is 1.38 bits per heavy atom. The van der Waals surface area contributed by atoms with Crippen LogP contribution in [0.4, 0.5) is 4.39 Å². The first-order chi connectivity index (χ1) is 7.31. The Hall–Kier alpha value is -1.82. The normalized spacial score (nSPS) is 10.7. The molecule has 0 spiro atoms. The summed E-state index contributed by atoms with van der Waals surface area (Å²) in [5.41, 5.74) is -0.163. The maximum atomic E-state index is 13.1. The van der Waals surface area contributed by atoms with Crippen LogP contribution in [0.25, 0.3) is 0 Å². The zero-order valence-electron chi connectivity index (χ0n) is 9.50. The average molecular weight is 220 g/mol. The van der Waals surface area contributed by atoms with Crippen LogP contribution < -0.4 is 0 Å². The van der Waals surface area contributed by atoms with Crippen LogP contribution in [-0.4, -0.2) is 11.6 Å². The molecule has 0 unspecified atom stereocenters. The lowest BCUT2D eigenvalue weighted by Gasteiger charge is -2.19. The summed E-state index contributed by atoms with van der Waals surface area (Å²) in [6.45, 7) is 5.23. The molecule has 2 nitrogen and oxygen atoms in total. The molecule has 1 rings (SSSR count). The van der Waals surface area contributed by atoms with E-state index in [1.54, 1.807) is 20.8 Å². The van der Waals surface area contributed by atoms with Crippen LogP contribution >= 0.6 is 0 Å². The molecule has 0 N–H and O–H groups in total. The highest BCUT2D eigenvalue weighted by atomic mass is 19.1. The van der Waals surface area contributed by atoms with Crippen LogP contribution in [0.2, 0.25) is 0 Å². The average Bonchev–Trinajstić information content (AvgIpc) is 2.14. The van der Waals surface area contributed by atoms with E-state index in [1.165, 1.54) is 12.1 Å². The Morgan fingerprint density at radius 2 is 2.00 bits per heavy atom. The van der Waals surface area contributed by atoms with Crippen molar-refractivity contribution in [3.63, 3.8) is 0 Å². The molecule has 0 fully saturated rings. The molecule has 3 heteroatoms. The largest absolute Gasteiger partial charge is 0.456 e. The fraction of sp³-hybridized carbons (Fsp3) is 0.308. The molecule has 16 heavy (non-hydrogen) atoms. The van der Waals surface area contributed by atoms with Gasteiger partial charge in [0.25, 0.3) is 0 Å². The molecule has 0 aromatic heterocycles. The Bertz CT molecular complexity index is 450. The highest BCUT2D eigenvalue weighted by Gasteiger charge is 2.18. The summed E-state index contributed by atoms with van der Waals surface area (Å²) < 4.78 is 18.2. The maximum absolute atomic E-state index is 13.1. The SMILES string of the molecule is C#Cc1cc(F)cc(C(=O)OC(C)(C)C)c1. The predicted molar refractivity (Wildman–Crippen MR) is 59.5 cm³/mol. The summed E-state index contributed by atoms with van der Waals surface area (Å²) >= 11 is 0. The van der Waals surface area contributed by atoms with Crippen molar-refractivity contribution in [3.8, 4) is 12.3 Å². The third-order valence-corrected chi connectivity index (χ3v) is 1.70. The van der Waals surface area contributed by atoms with Crippen LogP contribution in [0.5, 0.6) is 0 Å². The zero-order valence-corrected chi connectivity index (χ0v) is 9.50. The fourth-order valence-corrected chi connectivity index (χ4v) is 1.13. The zero-order chi connectivity index (χ0) is 12.3. The van der Waals surface area contributed by atoms with Crippen molar-refractivity contribution in [2.45, 2.75) is 26.4 Å². The minimum absolute atomic E-state index is 0.128. The van der Waals surface area contributed by atoms with E-state index in [9.17, 15) is 9.18 Å². The molecule has 0 aliphatic rings. The number of carbonyl (C=O) groups excluding carboxylic acids is 1. The minimum Gasteiger partial charge on any atom is -0.456 e. The minimum atomic E-state index is -0.611. The fourth-order valence-electron chi connectivity index (χ4n) is 1.13. The van der Waals surface area contributed by atoms with Crippen molar-refractivity contribution < 1.29 is 13.9 Å². The Labute approximate surface area is 94.4 Å². The Kier molecular flexibility index (Phi) is 3.34. The molecule has 1 aromatic rings. The number of carbonyl (C=O) groups is 1. The summed E-state index contributed by atoms with van der Waals surface area (Å²) in [4.78, 5) is 11.6. The molecular formula is C13H13FO2. The molecule has 0 aliphatic carbocycles. The molecule has 0 amide bonds. The second-order valence-corrected chi connectivity index (χ2v) is 4.37. The van der Waals surface area contributed by atoms with E-state index < -0.39 is 17.4 Å². The van der Waals surface area contributed by atoms with Crippen molar-refractivity contribution in [1.29, 1.82) is 0 Å². The molecule has 0 bridgehead atoms. The maximum Gasteiger partial charge on any atom is 0.338 e. The predicted octanol–water partition coefficient (Wildman–Crippen LogP) is 2.76. The van der Waals surface area contributed by atoms with E-state index in [0.717, 1.165) is 6.07 Å². The number of rotatable bonds is 1. The summed E-state index contributed by atoms with van der Waals surface area (Å²) in [5.74, 6) is 1.15. The Morgan fingerprint density at radius 3 is 2.50 bits per heavy atom. The van der Waals surface area contributed by atoms with Crippen molar-refractivity contribution in [2.24, 2.45) is 0 Å². The van der Waals surface area contributed by atoms with Gasteiger partial charge in [-0.15, -0.1) is 6.42 Å². The van der Waals surface area contributed by atoms with Gasteiger partial charge in [0.1, 0.15) is 11.4 Å². The molecule has 0 saturated heterocycles. The van der Waals surface area contributed by atoms with E-state index in [-0.39, 0.29) is 5.56 Å². The highest BCUT2D eigenvalue weighted by molar-refractivity contribution is 5.90. The van der Waals surface area contributed by atoms with Crippen LogP contribution in [0.3, 0.4) is 0 Å². The lowest BCUT2D eigenvalue weighted by atomic mass is 10.1. The van der Waals surface area contributed by atoms with Gasteiger partial charge in [0.15, 0.2) is 0 Å². The lowest BCUT2D eigenvalue weighted by Crippen LogP contribution is -2.24. The second-order valence-electron chi connectivity index (χ2n) is 4.37. The summed E-state index contributed by atoms with van der Waals surface area (Å²) in [7, 11) is 0. The van der Waals surface area contributed by atoms with Gasteiger partial charge in [-0.25, -0.2) is 9.18 Å². The van der Waals surface area contributed by atoms with Crippen LogP contribution in [0.1, 0.15) is 36.7 Å². The van der Waals surface area contributed by atoms with Gasteiger partial charge < -0.3 is 4.74 Å². The summed E-state index contributed by atoms with van der Waals surface area (Å²) in [5, 5.41) is 0. The first-order valence-corrected chi connectivity index (χ1v) is 4.82. The van der Waals surface area contributed by atoms with Crippen molar-refractivity contribution in [1.82, 2.24) is 0 Å². The first kappa shape index (κ1) is 12.3. The highest BCUT2D eigenvalue weighted by Crippen LogP contribution is 2.14. The van der Waals surface area contributed by atoms with E-state index >= 15 is 0 Å². The monoisotopic (exact) mass is 220 g/mol. The molecule has 0 atom stereocenters. The van der Waals surface area contributed by atoms with E-state index in [0.29, 0.717) is 5.56 Å². The molecule has 0 saturated carbocycles. The van der Waals surface area contributed by atoms with Gasteiger partial charge in [0.2, 0.25) is 0 Å². The number of terminal acetylenes is 1. The summed E-state index contributed by atoms with van der Waals surface area (Å²) in [6.07, 6.45) is 5.15. The second kappa shape index (κ2) is 4.36. The van der Waals surface area contributed by atoms with Crippen molar-refractivity contribution >= 4 is 5.97 Å². The van der Waals surface area contributed by atoms with Gasteiger partial charge >= 0.3 is 5.97 Å². The molecule has 0 radical (unpaired) electrons. The van der Waals surface area contributed by atoms with Crippen LogP contribution in [0.15, 0.2) is 18.2 Å². The molecule has 0 aliphatic heterocycles. The van der Waals surface area contributed by atoms with E-state index in [2.05, 4.69) is 5.92 Å². The molecule has 0 heterocycles. The van der Waals surface area contributed by atoms with E-state index in [1.807, 2.05) is 0 Å². The topological polar surface area (TPSA) is 26.3 Å². The molecular weight excluding hydrogens is 207 g/mol. The van der Waals surface area contributed by atoms with Gasteiger partial charge in [0, 0.05) is 5.56 Å². The lowest BCUT2D eigenvalue weighted by molar-refractivity contribution is 0.00690. The molecule has 1 aromatic carbocycles. The number of hydrogen-bond donors (Lipinski definition) is 0.